The van der Waals surface area contributed by atoms with Gasteiger partial charge in [-0.05, 0) is 44.8 Å². The van der Waals surface area contributed by atoms with Gasteiger partial charge >= 0.3 is 0 Å². The smallest absolute Gasteiger partial charge is 0.261 e. The molecule has 1 heterocycles. The van der Waals surface area contributed by atoms with Gasteiger partial charge in [0, 0.05) is 17.1 Å². The molecule has 1 unspecified atom stereocenters. The summed E-state index contributed by atoms with van der Waals surface area (Å²) in [7, 11) is 0. The zero-order chi connectivity index (χ0) is 10.7. The van der Waals surface area contributed by atoms with E-state index < -0.39 is 0 Å². The average molecular weight is 342 g/mol. The van der Waals surface area contributed by atoms with Crippen molar-refractivity contribution in [3.63, 3.8) is 0 Å². The van der Waals surface area contributed by atoms with E-state index in [1.165, 1.54) is 11.3 Å². The summed E-state index contributed by atoms with van der Waals surface area (Å²) in [6.07, 6.45) is 0. The summed E-state index contributed by atoms with van der Waals surface area (Å²) in [6.45, 7) is 2.31. The van der Waals surface area contributed by atoms with Crippen LogP contribution in [-0.2, 0) is 0 Å². The van der Waals surface area contributed by atoms with Gasteiger partial charge < -0.3 is 11.1 Å². The summed E-state index contributed by atoms with van der Waals surface area (Å²) in [4.78, 5) is 12.3. The fraction of sp³-hybridized carbons (Fsp3) is 0.375. The van der Waals surface area contributed by atoms with Crippen LogP contribution < -0.4 is 11.1 Å². The van der Waals surface area contributed by atoms with E-state index in [9.17, 15) is 4.79 Å². The van der Waals surface area contributed by atoms with E-state index in [-0.39, 0.29) is 11.9 Å². The molecule has 0 aliphatic rings. The molecule has 78 valence electrons. The van der Waals surface area contributed by atoms with Crippen molar-refractivity contribution in [2.45, 2.75) is 13.0 Å². The Morgan fingerprint density at radius 2 is 2.36 bits per heavy atom. The van der Waals surface area contributed by atoms with Crippen molar-refractivity contribution in [2.75, 3.05) is 6.54 Å². The minimum atomic E-state index is -0.0839. The molecule has 1 rings (SSSR count). The first-order valence-electron chi connectivity index (χ1n) is 4.00. The van der Waals surface area contributed by atoms with Crippen molar-refractivity contribution >= 4 is 49.1 Å². The fourth-order valence-corrected chi connectivity index (χ4v) is 2.75. The van der Waals surface area contributed by atoms with Gasteiger partial charge in [-0.15, -0.1) is 11.3 Å². The monoisotopic (exact) mass is 340 g/mol. The van der Waals surface area contributed by atoms with Crippen LogP contribution in [0, 0.1) is 0 Å². The Morgan fingerprint density at radius 3 is 2.79 bits per heavy atom. The Kier molecular flexibility index (Phi) is 4.56. The summed E-state index contributed by atoms with van der Waals surface area (Å²) in [5.74, 6) is -0.0839. The lowest BCUT2D eigenvalue weighted by Crippen LogP contribution is -2.37. The van der Waals surface area contributed by atoms with Gasteiger partial charge in [-0.25, -0.2) is 0 Å². The predicted octanol–water partition coefficient (Wildman–Crippen LogP) is 2.35. The highest BCUT2D eigenvalue weighted by molar-refractivity contribution is 9.13. The predicted molar refractivity (Wildman–Crippen MR) is 65.7 cm³/mol. The SMILES string of the molecule is CC(CN)NC(=O)c1cc(Br)c(Br)s1. The van der Waals surface area contributed by atoms with Crippen molar-refractivity contribution in [3.05, 3.63) is 19.2 Å². The number of hydrogen-bond acceptors (Lipinski definition) is 3. The van der Waals surface area contributed by atoms with E-state index in [1.54, 1.807) is 6.07 Å². The van der Waals surface area contributed by atoms with Crippen molar-refractivity contribution in [2.24, 2.45) is 5.73 Å². The summed E-state index contributed by atoms with van der Waals surface area (Å²) in [6, 6.07) is 1.79. The summed E-state index contributed by atoms with van der Waals surface area (Å²) < 4.78 is 1.82. The molecule has 0 aromatic carbocycles. The van der Waals surface area contributed by atoms with E-state index in [2.05, 4.69) is 37.2 Å². The van der Waals surface area contributed by atoms with E-state index in [1.807, 2.05) is 6.92 Å². The molecule has 0 fully saturated rings. The van der Waals surface area contributed by atoms with Crippen molar-refractivity contribution in [3.8, 4) is 0 Å². The van der Waals surface area contributed by atoms with Crippen molar-refractivity contribution in [1.29, 1.82) is 0 Å². The number of nitrogens with one attached hydrogen (secondary N) is 1. The Morgan fingerprint density at radius 1 is 1.71 bits per heavy atom. The highest BCUT2D eigenvalue weighted by atomic mass is 79.9. The van der Waals surface area contributed by atoms with Gasteiger partial charge in [-0.3, -0.25) is 4.79 Å². The first kappa shape index (κ1) is 12.2. The molecule has 1 aromatic heterocycles. The van der Waals surface area contributed by atoms with Crippen LogP contribution in [0.1, 0.15) is 16.6 Å². The van der Waals surface area contributed by atoms with Crippen LogP contribution in [0.15, 0.2) is 14.3 Å². The summed E-state index contributed by atoms with van der Waals surface area (Å²) in [5.41, 5.74) is 5.40. The molecule has 1 amide bonds. The highest BCUT2D eigenvalue weighted by Crippen LogP contribution is 2.32. The summed E-state index contributed by atoms with van der Waals surface area (Å²) >= 11 is 8.05. The molecule has 0 aliphatic heterocycles. The van der Waals surface area contributed by atoms with Gasteiger partial charge in [0.2, 0.25) is 0 Å². The fourth-order valence-electron chi connectivity index (χ4n) is 0.812. The van der Waals surface area contributed by atoms with Crippen molar-refractivity contribution < 1.29 is 4.79 Å². The van der Waals surface area contributed by atoms with E-state index in [0.717, 1.165) is 8.26 Å². The number of hydrogen-bond donors (Lipinski definition) is 2. The highest BCUT2D eigenvalue weighted by Gasteiger charge is 2.13. The minimum Gasteiger partial charge on any atom is -0.348 e. The van der Waals surface area contributed by atoms with Gasteiger partial charge in [-0.2, -0.15) is 0 Å². The van der Waals surface area contributed by atoms with Crippen LogP contribution in [-0.4, -0.2) is 18.5 Å². The molecule has 3 nitrogen and oxygen atoms in total. The van der Waals surface area contributed by atoms with E-state index in [0.29, 0.717) is 11.4 Å². The second-order valence-corrected chi connectivity index (χ2v) is 6.07. The molecule has 3 N–H and O–H groups in total. The van der Waals surface area contributed by atoms with Crippen LogP contribution in [0.2, 0.25) is 0 Å². The molecule has 0 aliphatic carbocycles. The zero-order valence-electron chi connectivity index (χ0n) is 7.51. The molecular formula is C8H10Br2N2OS. The Balaban J connectivity index is 2.70. The van der Waals surface area contributed by atoms with E-state index in [4.69, 9.17) is 5.73 Å². The van der Waals surface area contributed by atoms with Gasteiger partial charge in [0.1, 0.15) is 0 Å². The average Bonchev–Trinajstić information content (AvgIpc) is 2.47. The van der Waals surface area contributed by atoms with Gasteiger partial charge in [-0.1, -0.05) is 0 Å². The second-order valence-electron chi connectivity index (χ2n) is 2.84. The Bertz CT molecular complexity index is 321. The molecular weight excluding hydrogens is 332 g/mol. The topological polar surface area (TPSA) is 55.1 Å². The quantitative estimate of drug-likeness (QED) is 0.886. The maximum atomic E-state index is 11.6. The Hall–Kier alpha value is 0.0900. The zero-order valence-corrected chi connectivity index (χ0v) is 11.5. The molecule has 0 radical (unpaired) electrons. The molecule has 0 spiro atoms. The standard InChI is InChI=1S/C8H10Br2N2OS/c1-4(3-11)12-8(13)6-2-5(9)7(10)14-6/h2,4H,3,11H2,1H3,(H,12,13). The number of carbonyl (C=O) groups is 1. The lowest BCUT2D eigenvalue weighted by Gasteiger charge is -2.09. The first-order valence-corrected chi connectivity index (χ1v) is 6.40. The Labute approximate surface area is 103 Å². The third-order valence-electron chi connectivity index (χ3n) is 1.60. The number of amides is 1. The maximum Gasteiger partial charge on any atom is 0.261 e. The normalized spacial score (nSPS) is 12.6. The molecule has 0 saturated carbocycles. The van der Waals surface area contributed by atoms with Gasteiger partial charge in [0.05, 0.1) is 8.66 Å². The summed E-state index contributed by atoms with van der Waals surface area (Å²) in [5, 5.41) is 2.79. The van der Waals surface area contributed by atoms with E-state index >= 15 is 0 Å². The minimum absolute atomic E-state index is 0.00199. The number of nitrogens with two attached hydrogens (primary N) is 1. The molecule has 0 saturated heterocycles. The molecule has 1 aromatic rings. The number of thiophene rings is 1. The third kappa shape index (κ3) is 3.05. The molecule has 14 heavy (non-hydrogen) atoms. The van der Waals surface area contributed by atoms with Crippen LogP contribution in [0.4, 0.5) is 0 Å². The van der Waals surface area contributed by atoms with Crippen LogP contribution in [0.5, 0.6) is 0 Å². The first-order chi connectivity index (χ1) is 6.54. The number of carbonyl (C=O) groups excluding carboxylic acids is 1. The number of rotatable bonds is 3. The maximum absolute atomic E-state index is 11.6. The third-order valence-corrected chi connectivity index (χ3v) is 4.85. The lowest BCUT2D eigenvalue weighted by molar-refractivity contribution is 0.0945. The molecule has 6 heteroatoms. The second kappa shape index (κ2) is 5.25. The van der Waals surface area contributed by atoms with Crippen LogP contribution in [0.3, 0.4) is 0 Å². The van der Waals surface area contributed by atoms with Gasteiger partial charge in [0.15, 0.2) is 0 Å². The van der Waals surface area contributed by atoms with Gasteiger partial charge in [0.25, 0.3) is 5.91 Å². The molecule has 0 bridgehead atoms. The van der Waals surface area contributed by atoms with Crippen LogP contribution in [0.25, 0.3) is 0 Å². The van der Waals surface area contributed by atoms with Crippen LogP contribution >= 0.6 is 43.2 Å². The van der Waals surface area contributed by atoms with Crippen molar-refractivity contribution in [1.82, 2.24) is 5.32 Å². The lowest BCUT2D eigenvalue weighted by atomic mass is 10.3. The molecule has 1 atom stereocenters. The largest absolute Gasteiger partial charge is 0.348 e. The number of halogens is 2.